The monoisotopic (exact) mass is 504 g/mol. The number of aromatic amines is 1. The number of methoxy groups -OCH3 is 1. The molecule has 0 atom stereocenters. The van der Waals surface area contributed by atoms with Crippen molar-refractivity contribution in [1.82, 2.24) is 5.27 Å². The van der Waals surface area contributed by atoms with Gasteiger partial charge in [0.05, 0.1) is 19.3 Å². The number of hydrogen-bond acceptors (Lipinski definition) is 8. The highest BCUT2D eigenvalue weighted by Gasteiger charge is 2.28. The number of anilines is 1. The summed E-state index contributed by atoms with van der Waals surface area (Å²) in [5.74, 6) is 0.424. The van der Waals surface area contributed by atoms with Gasteiger partial charge in [-0.25, -0.2) is 9.59 Å². The summed E-state index contributed by atoms with van der Waals surface area (Å²) < 4.78 is 16.9. The van der Waals surface area contributed by atoms with E-state index in [0.717, 1.165) is 36.1 Å². The molecule has 0 bridgehead atoms. The van der Waals surface area contributed by atoms with Crippen LogP contribution in [0.4, 0.5) is 5.00 Å². The fourth-order valence-corrected chi connectivity index (χ4v) is 6.00. The standard InChI is InChI=1S/C23H25N3O6S2/c1-3-31-22(28)19-16-6-4-5-7-17(16)34-20(19)24-18(27)12-13-33-21-23(29)32-25-26(21)14-8-10-15(30-2)11-9-14/h8-11H,3-7,12-13H2,1-2H3,(H-,24,25,27,28,29)/p+1. The van der Waals surface area contributed by atoms with E-state index in [9.17, 15) is 14.4 Å². The lowest BCUT2D eigenvalue weighted by Crippen LogP contribution is -2.36. The van der Waals surface area contributed by atoms with Crippen LogP contribution in [-0.2, 0) is 22.4 Å². The van der Waals surface area contributed by atoms with Crippen LogP contribution in [-0.4, -0.2) is 36.6 Å². The van der Waals surface area contributed by atoms with Crippen molar-refractivity contribution >= 4 is 40.0 Å². The molecule has 3 aromatic rings. The topological polar surface area (TPSA) is 115 Å². The van der Waals surface area contributed by atoms with E-state index in [2.05, 4.69) is 10.6 Å². The number of aryl methyl sites for hydroxylation is 1. The minimum atomic E-state index is -0.517. The summed E-state index contributed by atoms with van der Waals surface area (Å²) in [6.07, 6.45) is 3.98. The second-order valence-corrected chi connectivity index (χ2v) is 9.79. The van der Waals surface area contributed by atoms with Crippen LogP contribution in [0.1, 0.15) is 47.0 Å². The van der Waals surface area contributed by atoms with Crippen LogP contribution in [0, 0.1) is 0 Å². The predicted molar refractivity (Wildman–Crippen MR) is 128 cm³/mol. The van der Waals surface area contributed by atoms with Gasteiger partial charge in [-0.1, -0.05) is 0 Å². The smallest absolute Gasteiger partial charge is 0.442 e. The number of fused-ring (bicyclic) bond motifs is 1. The Morgan fingerprint density at radius 2 is 2.00 bits per heavy atom. The predicted octanol–water partition coefficient (Wildman–Crippen LogP) is 3.49. The summed E-state index contributed by atoms with van der Waals surface area (Å²) in [5, 5.41) is 6.36. The van der Waals surface area contributed by atoms with Crippen LogP contribution >= 0.6 is 23.1 Å². The highest BCUT2D eigenvalue weighted by molar-refractivity contribution is 7.99. The molecule has 1 aliphatic carbocycles. The van der Waals surface area contributed by atoms with Crippen LogP contribution in [0.3, 0.4) is 0 Å². The quantitative estimate of drug-likeness (QED) is 0.260. The number of benzene rings is 1. The zero-order chi connectivity index (χ0) is 24.1. The molecule has 2 N–H and O–H groups in total. The van der Waals surface area contributed by atoms with Crippen molar-refractivity contribution < 1.29 is 28.3 Å². The number of thioether (sulfide) groups is 1. The first-order chi connectivity index (χ1) is 16.5. The Bertz CT molecular complexity index is 1230. The maximum Gasteiger partial charge on any atom is 0.442 e. The lowest BCUT2D eigenvalue weighted by Gasteiger charge is -2.12. The molecule has 11 heteroatoms. The molecule has 1 aromatic carbocycles. The summed E-state index contributed by atoms with van der Waals surface area (Å²) in [4.78, 5) is 38.6. The molecular formula is C23H26N3O6S2+. The van der Waals surface area contributed by atoms with E-state index in [0.29, 0.717) is 32.8 Å². The molecule has 1 amide bonds. The van der Waals surface area contributed by atoms with Gasteiger partial charge in [-0.15, -0.1) is 11.3 Å². The number of aromatic nitrogens is 2. The number of nitrogens with one attached hydrogen (secondary N) is 2. The minimum Gasteiger partial charge on any atom is -0.497 e. The summed E-state index contributed by atoms with van der Waals surface area (Å²) in [7, 11) is 1.58. The lowest BCUT2D eigenvalue weighted by atomic mass is 9.95. The van der Waals surface area contributed by atoms with Crippen LogP contribution in [0.2, 0.25) is 0 Å². The Morgan fingerprint density at radius 3 is 2.74 bits per heavy atom. The van der Waals surface area contributed by atoms with Crippen molar-refractivity contribution in [1.29, 1.82) is 0 Å². The van der Waals surface area contributed by atoms with Crippen LogP contribution in [0.15, 0.2) is 38.6 Å². The number of thiophene rings is 1. The lowest BCUT2D eigenvalue weighted by molar-refractivity contribution is -0.704. The van der Waals surface area contributed by atoms with Gasteiger partial charge in [0.2, 0.25) is 11.6 Å². The molecule has 0 radical (unpaired) electrons. The largest absolute Gasteiger partial charge is 0.497 e. The van der Waals surface area contributed by atoms with Crippen LogP contribution in [0.25, 0.3) is 5.69 Å². The first-order valence-corrected chi connectivity index (χ1v) is 12.8. The van der Waals surface area contributed by atoms with Gasteiger partial charge < -0.3 is 14.8 Å². The first-order valence-electron chi connectivity index (χ1n) is 11.0. The second-order valence-electron chi connectivity index (χ2n) is 7.60. The molecule has 34 heavy (non-hydrogen) atoms. The molecule has 0 aliphatic heterocycles. The zero-order valence-corrected chi connectivity index (χ0v) is 20.6. The molecule has 0 spiro atoms. The SMILES string of the molecule is CCOC(=O)c1c(NC(=O)CCSc2c(=O)o[nH][n+]2-c2ccc(OC)cc2)sc2c1CCCC2. The third-order valence-electron chi connectivity index (χ3n) is 5.41. The summed E-state index contributed by atoms with van der Waals surface area (Å²) in [6, 6.07) is 7.13. The Kier molecular flexibility index (Phi) is 7.73. The number of carbonyl (C=O) groups is 2. The number of carbonyl (C=O) groups excluding carboxylic acids is 2. The maximum atomic E-state index is 12.7. The maximum absolute atomic E-state index is 12.7. The van der Waals surface area contributed by atoms with Gasteiger partial charge in [0.15, 0.2) is 0 Å². The van der Waals surface area contributed by atoms with Crippen molar-refractivity contribution in [2.45, 2.75) is 44.1 Å². The first kappa shape index (κ1) is 24.1. The number of ether oxygens (including phenoxy) is 2. The van der Waals surface area contributed by atoms with Crippen molar-refractivity contribution in [2.75, 3.05) is 24.8 Å². The number of nitrogens with zero attached hydrogens (tertiary/aromatic N) is 1. The van der Waals surface area contributed by atoms with E-state index in [4.69, 9.17) is 14.0 Å². The van der Waals surface area contributed by atoms with E-state index >= 15 is 0 Å². The fraction of sp³-hybridized carbons (Fsp3) is 0.391. The molecule has 2 aromatic heterocycles. The second kappa shape index (κ2) is 10.9. The summed E-state index contributed by atoms with van der Waals surface area (Å²) >= 11 is 2.67. The van der Waals surface area contributed by atoms with Crippen LogP contribution < -0.4 is 20.4 Å². The number of H-pyrrole nitrogens is 1. The Hall–Kier alpha value is -3.05. The van der Waals surface area contributed by atoms with Gasteiger partial charge >= 0.3 is 16.6 Å². The van der Waals surface area contributed by atoms with E-state index in [-0.39, 0.29) is 18.9 Å². The van der Waals surface area contributed by atoms with Gasteiger partial charge in [0, 0.05) is 29.2 Å². The van der Waals surface area contributed by atoms with Crippen molar-refractivity contribution in [3.8, 4) is 11.4 Å². The van der Waals surface area contributed by atoms with Gasteiger partial charge in [0.1, 0.15) is 10.8 Å². The number of amides is 1. The normalized spacial score (nSPS) is 12.8. The molecule has 0 saturated heterocycles. The minimum absolute atomic E-state index is 0.155. The third kappa shape index (κ3) is 5.20. The molecule has 4 rings (SSSR count). The molecule has 0 saturated carbocycles. The van der Waals surface area contributed by atoms with Crippen LogP contribution in [0.5, 0.6) is 5.75 Å². The summed E-state index contributed by atoms with van der Waals surface area (Å²) in [5.41, 5.74) is 1.68. The highest BCUT2D eigenvalue weighted by atomic mass is 32.2. The van der Waals surface area contributed by atoms with Crippen molar-refractivity contribution in [2.24, 2.45) is 0 Å². The van der Waals surface area contributed by atoms with Gasteiger partial charge in [0.25, 0.3) is 0 Å². The molecule has 2 heterocycles. The summed E-state index contributed by atoms with van der Waals surface area (Å²) in [6.45, 7) is 2.04. The molecule has 1 aliphatic rings. The average molecular weight is 505 g/mol. The fourth-order valence-electron chi connectivity index (χ4n) is 3.79. The van der Waals surface area contributed by atoms with Crippen molar-refractivity contribution in [3.63, 3.8) is 0 Å². The Morgan fingerprint density at radius 1 is 1.24 bits per heavy atom. The molecule has 9 nitrogen and oxygen atoms in total. The van der Waals surface area contributed by atoms with E-state index < -0.39 is 11.6 Å². The number of esters is 1. The average Bonchev–Trinajstić information content (AvgIpc) is 3.39. The van der Waals surface area contributed by atoms with Gasteiger partial charge in [-0.2, -0.15) is 0 Å². The Labute approximate surface area is 204 Å². The molecule has 180 valence electrons. The van der Waals surface area contributed by atoms with Crippen molar-refractivity contribution in [3.05, 3.63) is 50.7 Å². The van der Waals surface area contributed by atoms with E-state index in [1.807, 2.05) is 0 Å². The number of hydrogen-bond donors (Lipinski definition) is 2. The zero-order valence-electron chi connectivity index (χ0n) is 19.0. The van der Waals surface area contributed by atoms with Gasteiger partial charge in [-0.05, 0) is 72.0 Å². The molecular weight excluding hydrogens is 478 g/mol. The van der Waals surface area contributed by atoms with E-state index in [1.54, 1.807) is 38.3 Å². The van der Waals surface area contributed by atoms with Gasteiger partial charge in [-0.3, -0.25) is 9.32 Å². The highest BCUT2D eigenvalue weighted by Crippen LogP contribution is 2.38. The van der Waals surface area contributed by atoms with E-state index in [1.165, 1.54) is 27.8 Å². The number of rotatable bonds is 9. The molecule has 0 unspecified atom stereocenters. The third-order valence-corrected chi connectivity index (χ3v) is 7.65. The Balaban J connectivity index is 1.42. The molecule has 0 fully saturated rings.